The number of aliphatic hydroxyl groups is 1. The molecule has 5 N–H and O–H groups in total. The van der Waals surface area contributed by atoms with Crippen molar-refractivity contribution in [1.82, 2.24) is 10.7 Å². The molecule has 6 atom stereocenters. The van der Waals surface area contributed by atoms with Crippen LogP contribution in [0.3, 0.4) is 0 Å². The summed E-state index contributed by atoms with van der Waals surface area (Å²) in [7, 11) is -0.557. The highest BCUT2D eigenvalue weighted by atomic mass is 16.7. The number of hydrogen-bond acceptors (Lipinski definition) is 8. The van der Waals surface area contributed by atoms with Crippen LogP contribution in [0.25, 0.3) is 0 Å². The van der Waals surface area contributed by atoms with Crippen LogP contribution in [-0.4, -0.2) is 65.7 Å². The van der Waals surface area contributed by atoms with Gasteiger partial charge in [0.25, 0.3) is 5.96 Å². The molecule has 2 bridgehead atoms. The first-order chi connectivity index (χ1) is 19.3. The van der Waals surface area contributed by atoms with E-state index in [1.54, 1.807) is 5.43 Å². The van der Waals surface area contributed by atoms with Gasteiger partial charge in [0.05, 0.1) is 17.6 Å². The van der Waals surface area contributed by atoms with E-state index < -0.39 is 18.1 Å². The Hall–Kier alpha value is -2.25. The van der Waals surface area contributed by atoms with E-state index in [4.69, 9.17) is 20.1 Å². The molecule has 0 radical (unpaired) electrons. The van der Waals surface area contributed by atoms with Crippen molar-refractivity contribution in [2.24, 2.45) is 39.8 Å². The monoisotopic (exact) mass is 579 g/mol. The number of guanidine groups is 1. The normalized spacial score (nSPS) is 28.0. The first kappa shape index (κ1) is 33.3. The second kappa shape index (κ2) is 14.3. The molecule has 0 unspecified atom stereocenters. The summed E-state index contributed by atoms with van der Waals surface area (Å²) in [5.74, 6) is -0.159. The number of rotatable bonds is 17. The summed E-state index contributed by atoms with van der Waals surface area (Å²) in [6, 6.07) is 0. The summed E-state index contributed by atoms with van der Waals surface area (Å²) >= 11 is 0. The molecule has 13 heteroatoms. The lowest BCUT2D eigenvalue weighted by Gasteiger charge is -2.64. The number of aliphatic hydroxyl groups excluding tert-OH is 1. The first-order valence-electron chi connectivity index (χ1n) is 15.2. The number of ketones is 1. The minimum Gasteiger partial charge on any atom is -0.404 e. The van der Waals surface area contributed by atoms with Gasteiger partial charge in [-0.3, -0.25) is 9.59 Å². The fraction of sp³-hybridized carbons (Fsp3) is 0.893. The second-order valence-electron chi connectivity index (χ2n) is 13.3. The number of unbranched alkanes of at least 4 members (excludes halogenated alkanes) is 2. The maximum absolute atomic E-state index is 13.7. The van der Waals surface area contributed by atoms with Crippen molar-refractivity contribution in [2.45, 2.75) is 116 Å². The minimum atomic E-state index is -0.784. The van der Waals surface area contributed by atoms with Crippen molar-refractivity contribution in [3.8, 4) is 0 Å². The van der Waals surface area contributed by atoms with Gasteiger partial charge in [0.1, 0.15) is 5.78 Å². The molecule has 0 aromatic rings. The van der Waals surface area contributed by atoms with Crippen LogP contribution >= 0.6 is 0 Å². The van der Waals surface area contributed by atoms with E-state index in [2.05, 4.69) is 44.9 Å². The topological polar surface area (TPSA) is 178 Å². The fourth-order valence-electron chi connectivity index (χ4n) is 7.10. The number of carbonyl (C=O) groups is 2. The molecule has 1 amide bonds. The average molecular weight is 580 g/mol. The summed E-state index contributed by atoms with van der Waals surface area (Å²) < 4.78 is 13.2. The molecule has 0 aromatic carbocycles. The fourth-order valence-corrected chi connectivity index (χ4v) is 7.10. The Morgan fingerprint density at radius 3 is 2.56 bits per heavy atom. The molecule has 4 rings (SSSR count). The zero-order valence-electron chi connectivity index (χ0n) is 25.4. The van der Waals surface area contributed by atoms with E-state index in [-0.39, 0.29) is 66.2 Å². The number of hydrogen-bond donors (Lipinski definition) is 4. The van der Waals surface area contributed by atoms with Crippen molar-refractivity contribution < 1.29 is 29.0 Å². The van der Waals surface area contributed by atoms with Crippen LogP contribution in [-0.2, 0) is 18.9 Å². The van der Waals surface area contributed by atoms with E-state index in [9.17, 15) is 19.7 Å². The Morgan fingerprint density at radius 1 is 1.20 bits per heavy atom. The van der Waals surface area contributed by atoms with E-state index in [1.807, 2.05) is 0 Å². The Balaban J connectivity index is 1.67. The molecule has 4 fully saturated rings. The second-order valence-corrected chi connectivity index (χ2v) is 13.3. The lowest BCUT2D eigenvalue weighted by atomic mass is 9.43. The SMILES string of the molecule is CC(C)C[C@H](NC(=O)[C@H](CCCN=C(N)N[N+](=O)[O-])CC(=O)CCCCCO)B1O[C@@H]2C[C@@H]3C[C@@H](C3(C)C)[C@]2(C)O1. The maximum Gasteiger partial charge on any atom is 0.481 e. The number of amides is 1. The number of nitrogens with one attached hydrogen (secondary N) is 2. The standard InChI is InChI=1S/C28H50BN5O7/c1-18(2)14-24(29-40-23-17-20-16-22(27(20,3)4)28(23,5)41-29)32-25(37)19(15-21(36)11-7-6-8-13-35)10-9-12-31-26(30)33-34(38)39/h18-20,22-24,35H,6-17H2,1-5H3,(H,32,37)(H3,30,31,33)/t19-,20+,22+,23-,24+,28+/m1/s1. The highest BCUT2D eigenvalue weighted by Crippen LogP contribution is 2.65. The number of aliphatic imine (C=N–C) groups is 1. The molecule has 3 aliphatic carbocycles. The first-order valence-corrected chi connectivity index (χ1v) is 15.2. The van der Waals surface area contributed by atoms with Crippen LogP contribution in [0, 0.1) is 39.2 Å². The lowest BCUT2D eigenvalue weighted by molar-refractivity contribution is -0.525. The van der Waals surface area contributed by atoms with E-state index >= 15 is 0 Å². The van der Waals surface area contributed by atoms with Gasteiger partial charge in [-0.2, -0.15) is 0 Å². The summed E-state index contributed by atoms with van der Waals surface area (Å²) in [6.07, 6.45) is 6.09. The van der Waals surface area contributed by atoms with Crippen LogP contribution in [0.2, 0.25) is 0 Å². The van der Waals surface area contributed by atoms with Crippen LogP contribution in [0.5, 0.6) is 0 Å². The van der Waals surface area contributed by atoms with Gasteiger partial charge in [-0.15, -0.1) is 0 Å². The average Bonchev–Trinajstić information content (AvgIpc) is 3.24. The predicted molar refractivity (Wildman–Crippen MR) is 156 cm³/mol. The predicted octanol–water partition coefficient (Wildman–Crippen LogP) is 2.79. The van der Waals surface area contributed by atoms with Crippen molar-refractivity contribution in [3.05, 3.63) is 10.1 Å². The van der Waals surface area contributed by atoms with E-state index in [0.29, 0.717) is 50.4 Å². The van der Waals surface area contributed by atoms with Crippen LogP contribution in [0.4, 0.5) is 0 Å². The van der Waals surface area contributed by atoms with Gasteiger partial charge in [0.2, 0.25) is 5.91 Å². The summed E-state index contributed by atoms with van der Waals surface area (Å²) in [5, 5.41) is 21.9. The maximum atomic E-state index is 13.7. The third-order valence-electron chi connectivity index (χ3n) is 9.51. The number of nitrogens with zero attached hydrogens (tertiary/aromatic N) is 2. The van der Waals surface area contributed by atoms with E-state index in [1.165, 1.54) is 0 Å². The molecule has 1 heterocycles. The summed E-state index contributed by atoms with van der Waals surface area (Å²) in [5.41, 5.74) is 7.13. The number of nitro groups is 1. The Kier molecular flexibility index (Phi) is 11.6. The third-order valence-corrected chi connectivity index (χ3v) is 9.51. The van der Waals surface area contributed by atoms with Crippen molar-refractivity contribution in [2.75, 3.05) is 13.2 Å². The number of carbonyl (C=O) groups excluding carboxylic acids is 2. The highest BCUT2D eigenvalue weighted by molar-refractivity contribution is 6.47. The van der Waals surface area contributed by atoms with Gasteiger partial charge in [-0.1, -0.05) is 39.5 Å². The van der Waals surface area contributed by atoms with Crippen molar-refractivity contribution >= 4 is 24.8 Å². The molecule has 4 aliphatic rings. The van der Waals surface area contributed by atoms with Crippen LogP contribution in [0.15, 0.2) is 4.99 Å². The van der Waals surface area contributed by atoms with Gasteiger partial charge in [0, 0.05) is 31.9 Å². The van der Waals surface area contributed by atoms with Crippen molar-refractivity contribution in [1.29, 1.82) is 0 Å². The molecule has 0 aromatic heterocycles. The van der Waals surface area contributed by atoms with Gasteiger partial charge >= 0.3 is 7.12 Å². The third kappa shape index (κ3) is 8.41. The smallest absolute Gasteiger partial charge is 0.404 e. The van der Waals surface area contributed by atoms with Gasteiger partial charge in [0.15, 0.2) is 5.03 Å². The Bertz CT molecular complexity index is 964. The number of nitrogens with two attached hydrogens (primary N) is 1. The van der Waals surface area contributed by atoms with E-state index in [0.717, 1.165) is 19.3 Å². The number of Topliss-reactive ketones (excluding diaryl/α,β-unsaturated/α-hetero) is 1. The zero-order chi connectivity index (χ0) is 30.4. The lowest BCUT2D eigenvalue weighted by Crippen LogP contribution is -2.65. The Labute approximate surface area is 244 Å². The molecule has 41 heavy (non-hydrogen) atoms. The molecule has 12 nitrogen and oxygen atoms in total. The molecular formula is C28H50BN5O7. The molecule has 1 aliphatic heterocycles. The zero-order valence-corrected chi connectivity index (χ0v) is 25.4. The molecular weight excluding hydrogens is 529 g/mol. The van der Waals surface area contributed by atoms with Crippen molar-refractivity contribution in [3.63, 3.8) is 0 Å². The molecule has 1 saturated heterocycles. The summed E-state index contributed by atoms with van der Waals surface area (Å²) in [4.78, 5) is 41.0. The minimum absolute atomic E-state index is 0.00299. The van der Waals surface area contributed by atoms with Gasteiger partial charge < -0.3 is 25.5 Å². The quantitative estimate of drug-likeness (QED) is 0.0504. The van der Waals surface area contributed by atoms with Gasteiger partial charge in [-0.05, 0) is 75.0 Å². The molecule has 0 spiro atoms. The molecule has 3 saturated carbocycles. The van der Waals surface area contributed by atoms with Crippen LogP contribution in [0.1, 0.15) is 98.8 Å². The molecule has 232 valence electrons. The van der Waals surface area contributed by atoms with Gasteiger partial charge in [-0.25, -0.2) is 15.1 Å². The largest absolute Gasteiger partial charge is 0.481 e. The summed E-state index contributed by atoms with van der Waals surface area (Å²) in [6.45, 7) is 11.3. The highest BCUT2D eigenvalue weighted by Gasteiger charge is 2.68. The van der Waals surface area contributed by atoms with Crippen LogP contribution < -0.4 is 16.5 Å². The Morgan fingerprint density at radius 2 is 1.93 bits per heavy atom. The number of hydrazine groups is 1.